The quantitative estimate of drug-likeness (QED) is 0.402. The van der Waals surface area contributed by atoms with Crippen molar-refractivity contribution in [3.63, 3.8) is 0 Å². The van der Waals surface area contributed by atoms with Crippen molar-refractivity contribution in [3.05, 3.63) is 95.1 Å². The van der Waals surface area contributed by atoms with Crippen LogP contribution in [-0.4, -0.2) is 13.8 Å². The lowest BCUT2D eigenvalue weighted by Gasteiger charge is -2.42. The molecule has 0 spiro atoms. The second kappa shape index (κ2) is 8.41. The van der Waals surface area contributed by atoms with Crippen LogP contribution in [0, 0.1) is 0 Å². The lowest BCUT2D eigenvalue weighted by Crippen LogP contribution is -2.67. The van der Waals surface area contributed by atoms with Crippen molar-refractivity contribution in [2.45, 2.75) is 71.5 Å². The molecule has 0 amide bonds. The van der Waals surface area contributed by atoms with E-state index in [1.165, 1.54) is 38.6 Å². The first-order valence-electron chi connectivity index (χ1n) is 12.2. The summed E-state index contributed by atoms with van der Waals surface area (Å²) in [4.78, 5) is 4.14. The number of hydrogen-bond donors (Lipinski definition) is 1. The molecule has 3 aromatic rings. The molecule has 33 heavy (non-hydrogen) atoms. The van der Waals surface area contributed by atoms with Gasteiger partial charge in [-0.2, -0.15) is 0 Å². The van der Waals surface area contributed by atoms with Crippen LogP contribution in [-0.2, 0) is 5.41 Å². The molecule has 172 valence electrons. The van der Waals surface area contributed by atoms with Gasteiger partial charge >= 0.3 is 0 Å². The van der Waals surface area contributed by atoms with E-state index in [1.54, 1.807) is 0 Å². The summed E-state index contributed by atoms with van der Waals surface area (Å²) >= 11 is 0. The zero-order valence-corrected chi connectivity index (χ0v) is 22.6. The number of hydrogen-bond acceptors (Lipinski definition) is 1. The van der Waals surface area contributed by atoms with E-state index in [-0.39, 0.29) is 11.0 Å². The molecule has 0 fully saturated rings. The van der Waals surface area contributed by atoms with Crippen LogP contribution in [0.1, 0.15) is 70.7 Å². The molecule has 4 rings (SSSR count). The summed E-state index contributed by atoms with van der Waals surface area (Å²) in [6.07, 6.45) is 2.45. The minimum absolute atomic E-state index is 0.0419. The average molecular weight is 454 g/mol. The molecule has 1 aliphatic rings. The Labute approximate surface area is 202 Å². The molecular weight excluding hydrogens is 414 g/mol. The minimum Gasteiger partial charge on any atom is -0.329 e. The van der Waals surface area contributed by atoms with Gasteiger partial charge in [0.1, 0.15) is 0 Å². The first-order valence-corrected chi connectivity index (χ1v) is 14.7. The molecule has 0 saturated carbocycles. The van der Waals surface area contributed by atoms with Crippen LogP contribution in [0.3, 0.4) is 0 Å². The third-order valence-electron chi connectivity index (χ3n) is 6.93. The number of fused-ring (bicyclic) bond motifs is 1. The second-order valence-electron chi connectivity index (χ2n) is 11.9. The van der Waals surface area contributed by atoms with Crippen LogP contribution >= 0.6 is 0 Å². The molecule has 0 saturated heterocycles. The Morgan fingerprint density at radius 3 is 1.97 bits per heavy atom. The van der Waals surface area contributed by atoms with Crippen LogP contribution in [0.15, 0.2) is 78.4 Å². The van der Waals surface area contributed by atoms with Gasteiger partial charge in [0.25, 0.3) is 0 Å². The van der Waals surface area contributed by atoms with Crippen molar-refractivity contribution in [2.24, 2.45) is 0 Å². The van der Waals surface area contributed by atoms with Gasteiger partial charge in [-0.05, 0) is 66.1 Å². The highest BCUT2D eigenvalue weighted by atomic mass is 28.3. The van der Waals surface area contributed by atoms with Crippen molar-refractivity contribution in [1.82, 2.24) is 4.98 Å². The smallest absolute Gasteiger partial charge is 0.166 e. The Morgan fingerprint density at radius 1 is 0.758 bits per heavy atom. The molecule has 0 bridgehead atoms. The molecule has 3 aromatic carbocycles. The minimum atomic E-state index is -2.12. The lowest BCUT2D eigenvalue weighted by atomic mass is 9.86. The summed E-state index contributed by atoms with van der Waals surface area (Å²) in [5, 5.41) is 1.46. The predicted octanol–water partition coefficient (Wildman–Crippen LogP) is 7.56. The fraction of sp³-hybridized carbons (Fsp3) is 0.355. The zero-order valence-electron chi connectivity index (χ0n) is 21.6. The number of benzene rings is 3. The largest absolute Gasteiger partial charge is 0.329 e. The summed E-state index contributed by atoms with van der Waals surface area (Å²) in [6, 6.07) is 27.2. The van der Waals surface area contributed by atoms with E-state index >= 15 is 0 Å². The van der Waals surface area contributed by atoms with Crippen molar-refractivity contribution < 1.29 is 0 Å². The Morgan fingerprint density at radius 2 is 1.39 bits per heavy atom. The summed E-state index contributed by atoms with van der Waals surface area (Å²) < 4.78 is 0. The first-order chi connectivity index (χ1) is 15.4. The summed E-state index contributed by atoms with van der Waals surface area (Å²) in [7, 11) is -2.12. The van der Waals surface area contributed by atoms with Gasteiger partial charge in [0.15, 0.2) is 8.24 Å². The Bertz CT molecular complexity index is 1160. The van der Waals surface area contributed by atoms with Crippen LogP contribution in [0.5, 0.6) is 0 Å². The Balaban J connectivity index is 1.83. The molecule has 0 heterocycles. The van der Waals surface area contributed by atoms with E-state index in [0.29, 0.717) is 5.54 Å². The fourth-order valence-corrected chi connectivity index (χ4v) is 10.5. The van der Waals surface area contributed by atoms with E-state index < -0.39 is 8.24 Å². The van der Waals surface area contributed by atoms with Crippen molar-refractivity contribution in [2.75, 3.05) is 0 Å². The first kappa shape index (κ1) is 23.7. The van der Waals surface area contributed by atoms with E-state index in [4.69, 9.17) is 0 Å². The maximum Gasteiger partial charge on any atom is 0.166 e. The van der Waals surface area contributed by atoms with Gasteiger partial charge in [-0.1, -0.05) is 112 Å². The van der Waals surface area contributed by atoms with Crippen LogP contribution in [0.2, 0.25) is 6.55 Å². The second-order valence-corrected chi connectivity index (χ2v) is 15.7. The van der Waals surface area contributed by atoms with Crippen molar-refractivity contribution in [3.8, 4) is 11.1 Å². The Hall–Kier alpha value is -2.42. The molecule has 2 heteroatoms. The maximum atomic E-state index is 4.14. The van der Waals surface area contributed by atoms with E-state index in [0.717, 1.165) is 0 Å². The van der Waals surface area contributed by atoms with E-state index in [1.807, 2.05) is 0 Å². The van der Waals surface area contributed by atoms with Crippen LogP contribution in [0.4, 0.5) is 0 Å². The van der Waals surface area contributed by atoms with Gasteiger partial charge in [-0.15, -0.1) is 0 Å². The summed E-state index contributed by atoms with van der Waals surface area (Å²) in [5.74, 6) is 0. The summed E-state index contributed by atoms with van der Waals surface area (Å²) in [5.41, 5.74) is 8.98. The van der Waals surface area contributed by atoms with E-state index in [9.17, 15) is 0 Å². The normalized spacial score (nSPS) is 17.9. The molecule has 1 N–H and O–H groups in total. The highest BCUT2D eigenvalue weighted by molar-refractivity contribution is 6.90. The van der Waals surface area contributed by atoms with Crippen molar-refractivity contribution >= 4 is 19.5 Å². The third-order valence-corrected chi connectivity index (χ3v) is 11.6. The highest BCUT2D eigenvalue weighted by Crippen LogP contribution is 2.45. The zero-order chi connectivity index (χ0) is 24.0. The van der Waals surface area contributed by atoms with Crippen LogP contribution in [0.25, 0.3) is 17.2 Å². The SMILES string of the molecule is CC1=Cc2c(-c3ccc(C(C)(C)C)cc3)cccc2C1[Si](C)(NC(C)(C)C)c1ccccc1. The average Bonchev–Trinajstić information content (AvgIpc) is 3.09. The Kier molecular flexibility index (Phi) is 6.05. The summed E-state index contributed by atoms with van der Waals surface area (Å²) in [6.45, 7) is 18.5. The van der Waals surface area contributed by atoms with Crippen LogP contribution < -0.4 is 10.2 Å². The topological polar surface area (TPSA) is 12.0 Å². The van der Waals surface area contributed by atoms with Gasteiger partial charge < -0.3 is 4.98 Å². The van der Waals surface area contributed by atoms with Gasteiger partial charge in [0.05, 0.1) is 0 Å². The number of allylic oxidation sites excluding steroid dienone is 1. The van der Waals surface area contributed by atoms with Gasteiger partial charge in [0.2, 0.25) is 0 Å². The molecule has 1 nitrogen and oxygen atoms in total. The maximum absolute atomic E-state index is 4.14. The predicted molar refractivity (Wildman–Crippen MR) is 148 cm³/mol. The van der Waals surface area contributed by atoms with Gasteiger partial charge in [-0.3, -0.25) is 0 Å². The van der Waals surface area contributed by atoms with Crippen molar-refractivity contribution in [1.29, 1.82) is 0 Å². The molecule has 0 aliphatic heterocycles. The third kappa shape index (κ3) is 4.65. The molecular formula is C31H39NSi. The molecule has 0 aromatic heterocycles. The monoisotopic (exact) mass is 453 g/mol. The molecule has 2 atom stereocenters. The number of nitrogens with one attached hydrogen (secondary N) is 1. The van der Waals surface area contributed by atoms with E-state index in [2.05, 4.69) is 139 Å². The highest BCUT2D eigenvalue weighted by Gasteiger charge is 2.45. The standard InChI is InChI=1S/C31H39NSi/c1-22-21-28-26(23-17-19-24(20-18-23)30(2,3)4)15-12-16-27(28)29(22)33(8,32-31(5,6)7)25-13-10-9-11-14-25/h9-21,29,32H,1-8H3. The number of rotatable bonds is 4. The fourth-order valence-electron chi connectivity index (χ4n) is 5.59. The molecule has 2 unspecified atom stereocenters. The van der Waals surface area contributed by atoms with Gasteiger partial charge in [-0.25, -0.2) is 0 Å². The van der Waals surface area contributed by atoms with Gasteiger partial charge in [0, 0.05) is 11.1 Å². The molecule has 1 aliphatic carbocycles. The lowest BCUT2D eigenvalue weighted by molar-refractivity contribution is 0.510. The molecule has 0 radical (unpaired) electrons.